The third-order valence-corrected chi connectivity index (χ3v) is 3.56. The Kier molecular flexibility index (Phi) is 3.12. The maximum atomic E-state index is 11.4. The first kappa shape index (κ1) is 12.0. The van der Waals surface area contributed by atoms with Crippen LogP contribution in [0.15, 0.2) is 33.9 Å². The van der Waals surface area contributed by atoms with Crippen LogP contribution in [-0.2, 0) is 4.79 Å². The van der Waals surface area contributed by atoms with Gasteiger partial charge in [-0.3, -0.25) is 9.69 Å². The second kappa shape index (κ2) is 4.93. The number of hydrogen-bond acceptors (Lipinski definition) is 5. The first-order chi connectivity index (χ1) is 9.24. The number of urea groups is 1. The number of benzene rings is 1. The average Bonchev–Trinajstić information content (AvgIpc) is 2.95. The monoisotopic (exact) mass is 277 g/mol. The molecule has 1 saturated heterocycles. The van der Waals surface area contributed by atoms with Crippen molar-refractivity contribution >= 4 is 34.8 Å². The van der Waals surface area contributed by atoms with Gasteiger partial charge in [0.1, 0.15) is 5.52 Å². The van der Waals surface area contributed by atoms with E-state index in [9.17, 15) is 9.59 Å². The van der Waals surface area contributed by atoms with Crippen LogP contribution < -0.4 is 5.32 Å². The van der Waals surface area contributed by atoms with Crippen molar-refractivity contribution in [2.45, 2.75) is 5.22 Å². The predicted octanol–water partition coefficient (Wildman–Crippen LogP) is 1.47. The van der Waals surface area contributed by atoms with Gasteiger partial charge in [0, 0.05) is 12.3 Å². The zero-order valence-corrected chi connectivity index (χ0v) is 10.8. The van der Waals surface area contributed by atoms with Gasteiger partial charge >= 0.3 is 6.03 Å². The number of carbonyl (C=O) groups excluding carboxylic acids is 2. The molecule has 3 rings (SSSR count). The van der Waals surface area contributed by atoms with E-state index in [0.717, 1.165) is 11.1 Å². The lowest BCUT2D eigenvalue weighted by Gasteiger charge is -2.10. The summed E-state index contributed by atoms with van der Waals surface area (Å²) >= 11 is 1.39. The number of imide groups is 1. The molecular weight excluding hydrogens is 266 g/mol. The minimum Gasteiger partial charge on any atom is -0.431 e. The van der Waals surface area contributed by atoms with Crippen LogP contribution in [0.4, 0.5) is 4.79 Å². The predicted molar refractivity (Wildman–Crippen MR) is 69.8 cm³/mol. The molecule has 19 heavy (non-hydrogen) atoms. The molecule has 0 saturated carbocycles. The minimum absolute atomic E-state index is 0.0897. The summed E-state index contributed by atoms with van der Waals surface area (Å²) < 4.78 is 5.53. The zero-order chi connectivity index (χ0) is 13.2. The first-order valence-corrected chi connectivity index (χ1v) is 6.79. The lowest BCUT2D eigenvalue weighted by Crippen LogP contribution is -2.32. The number of carbonyl (C=O) groups is 2. The highest BCUT2D eigenvalue weighted by Crippen LogP contribution is 2.23. The number of fused-ring (bicyclic) bond motifs is 1. The molecule has 0 bridgehead atoms. The van der Waals surface area contributed by atoms with E-state index in [0.29, 0.717) is 17.5 Å². The summed E-state index contributed by atoms with van der Waals surface area (Å²) in [6, 6.07) is 7.18. The molecule has 1 aliphatic rings. The van der Waals surface area contributed by atoms with Gasteiger partial charge < -0.3 is 9.73 Å². The van der Waals surface area contributed by atoms with Crippen LogP contribution in [0.1, 0.15) is 0 Å². The number of hydrogen-bond donors (Lipinski definition) is 1. The van der Waals surface area contributed by atoms with Crippen LogP contribution in [0.2, 0.25) is 0 Å². The molecule has 0 aliphatic carbocycles. The Morgan fingerprint density at radius 3 is 2.95 bits per heavy atom. The smallest absolute Gasteiger partial charge is 0.324 e. The topological polar surface area (TPSA) is 75.4 Å². The van der Waals surface area contributed by atoms with Crippen molar-refractivity contribution in [2.24, 2.45) is 0 Å². The Balaban J connectivity index is 1.60. The van der Waals surface area contributed by atoms with Crippen LogP contribution in [-0.4, -0.2) is 40.7 Å². The molecule has 1 N–H and O–H groups in total. The number of thioether (sulfide) groups is 1. The van der Waals surface area contributed by atoms with Gasteiger partial charge in [-0.2, -0.15) is 0 Å². The summed E-state index contributed by atoms with van der Waals surface area (Å²) in [5.41, 5.74) is 1.54. The normalized spacial score (nSPS) is 15.3. The number of oxazole rings is 1. The number of amides is 3. The van der Waals surface area contributed by atoms with Crippen molar-refractivity contribution in [3.63, 3.8) is 0 Å². The molecule has 1 fully saturated rings. The zero-order valence-electron chi connectivity index (χ0n) is 9.96. The highest BCUT2D eigenvalue weighted by molar-refractivity contribution is 7.99. The first-order valence-electron chi connectivity index (χ1n) is 5.80. The molecule has 6 nitrogen and oxygen atoms in total. The fourth-order valence-corrected chi connectivity index (χ4v) is 2.58. The fourth-order valence-electron chi connectivity index (χ4n) is 1.82. The van der Waals surface area contributed by atoms with Gasteiger partial charge in [-0.05, 0) is 12.1 Å². The van der Waals surface area contributed by atoms with Crippen molar-refractivity contribution < 1.29 is 14.0 Å². The molecular formula is C12H11N3O3S. The SMILES string of the molecule is O=C1CNC(=O)N1CCSc1nc2ccccc2o1. The lowest BCUT2D eigenvalue weighted by atomic mass is 10.3. The summed E-state index contributed by atoms with van der Waals surface area (Å²) in [6.45, 7) is 0.445. The van der Waals surface area contributed by atoms with Crippen LogP contribution in [0.25, 0.3) is 11.1 Å². The Bertz CT molecular complexity index is 591. The van der Waals surface area contributed by atoms with E-state index in [2.05, 4.69) is 10.3 Å². The third kappa shape index (κ3) is 2.41. The van der Waals surface area contributed by atoms with Crippen molar-refractivity contribution in [2.75, 3.05) is 18.8 Å². The second-order valence-electron chi connectivity index (χ2n) is 4.00. The molecule has 0 spiro atoms. The highest BCUT2D eigenvalue weighted by Gasteiger charge is 2.27. The van der Waals surface area contributed by atoms with Crippen molar-refractivity contribution in [3.05, 3.63) is 24.3 Å². The van der Waals surface area contributed by atoms with Crippen LogP contribution >= 0.6 is 11.8 Å². The van der Waals surface area contributed by atoms with E-state index in [-0.39, 0.29) is 18.5 Å². The third-order valence-electron chi connectivity index (χ3n) is 2.75. The molecule has 1 aromatic heterocycles. The molecule has 98 valence electrons. The van der Waals surface area contributed by atoms with Crippen molar-refractivity contribution in [1.29, 1.82) is 0 Å². The molecule has 1 aromatic carbocycles. The van der Waals surface area contributed by atoms with Gasteiger partial charge in [0.15, 0.2) is 5.58 Å². The van der Waals surface area contributed by atoms with E-state index < -0.39 is 0 Å². The van der Waals surface area contributed by atoms with Crippen LogP contribution in [0, 0.1) is 0 Å². The van der Waals surface area contributed by atoms with Crippen molar-refractivity contribution in [3.8, 4) is 0 Å². The second-order valence-corrected chi connectivity index (χ2v) is 5.05. The highest BCUT2D eigenvalue weighted by atomic mass is 32.2. The Morgan fingerprint density at radius 1 is 1.37 bits per heavy atom. The van der Waals surface area contributed by atoms with Gasteiger partial charge in [0.05, 0.1) is 6.54 Å². The van der Waals surface area contributed by atoms with Crippen LogP contribution in [0.3, 0.4) is 0 Å². The molecule has 2 heterocycles. The Hall–Kier alpha value is -2.02. The summed E-state index contributed by atoms with van der Waals surface area (Å²) in [6.07, 6.45) is 0. The summed E-state index contributed by atoms with van der Waals surface area (Å²) in [5.74, 6) is 0.370. The van der Waals surface area contributed by atoms with Gasteiger partial charge in [-0.25, -0.2) is 9.78 Å². The van der Waals surface area contributed by atoms with Gasteiger partial charge in [-0.1, -0.05) is 23.9 Å². The fraction of sp³-hybridized carbons (Fsp3) is 0.250. The Labute approximate surface area is 113 Å². The van der Waals surface area contributed by atoms with Gasteiger partial charge in [-0.15, -0.1) is 0 Å². The standard InChI is InChI=1S/C12H11N3O3S/c16-10-7-13-11(17)15(10)5-6-19-12-14-8-3-1-2-4-9(8)18-12/h1-4H,5-7H2,(H,13,17). The molecule has 0 unspecified atom stereocenters. The maximum absolute atomic E-state index is 11.4. The molecule has 7 heteroatoms. The molecule has 1 aliphatic heterocycles. The van der Waals surface area contributed by atoms with Crippen molar-refractivity contribution in [1.82, 2.24) is 15.2 Å². The summed E-state index contributed by atoms with van der Waals surface area (Å²) in [5, 5.41) is 3.03. The minimum atomic E-state index is -0.330. The van der Waals surface area contributed by atoms with E-state index in [1.807, 2.05) is 24.3 Å². The molecule has 3 amide bonds. The van der Waals surface area contributed by atoms with E-state index >= 15 is 0 Å². The molecule has 0 radical (unpaired) electrons. The van der Waals surface area contributed by atoms with Crippen LogP contribution in [0.5, 0.6) is 0 Å². The summed E-state index contributed by atoms with van der Waals surface area (Å²) in [7, 11) is 0. The number of aromatic nitrogens is 1. The largest absolute Gasteiger partial charge is 0.431 e. The maximum Gasteiger partial charge on any atom is 0.324 e. The van der Waals surface area contributed by atoms with Gasteiger partial charge in [0.2, 0.25) is 5.91 Å². The molecule has 2 aromatic rings. The van der Waals surface area contributed by atoms with E-state index in [1.165, 1.54) is 16.7 Å². The number of nitrogens with zero attached hydrogens (tertiary/aromatic N) is 2. The lowest BCUT2D eigenvalue weighted by molar-refractivity contribution is -0.124. The van der Waals surface area contributed by atoms with E-state index in [4.69, 9.17) is 4.42 Å². The number of rotatable bonds is 4. The average molecular weight is 277 g/mol. The van der Waals surface area contributed by atoms with E-state index in [1.54, 1.807) is 0 Å². The molecule has 0 atom stereocenters. The quantitative estimate of drug-likeness (QED) is 0.676. The van der Waals surface area contributed by atoms with Gasteiger partial charge in [0.25, 0.3) is 5.22 Å². The summed E-state index contributed by atoms with van der Waals surface area (Å²) in [4.78, 5) is 28.2. The number of nitrogens with one attached hydrogen (secondary N) is 1. The number of para-hydroxylation sites is 2. The Morgan fingerprint density at radius 2 is 2.21 bits per heavy atom.